The number of nitrogen functional groups attached to an aromatic ring is 1. The van der Waals surface area contributed by atoms with Crippen LogP contribution in [-0.2, 0) is 0 Å². The van der Waals surface area contributed by atoms with Crippen LogP contribution in [0.3, 0.4) is 0 Å². The Morgan fingerprint density at radius 3 is 2.82 bits per heavy atom. The Hall–Kier alpha value is -1.55. The first kappa shape index (κ1) is 11.9. The van der Waals surface area contributed by atoms with Crippen LogP contribution in [0.5, 0.6) is 0 Å². The van der Waals surface area contributed by atoms with Crippen LogP contribution in [0, 0.1) is 5.82 Å². The van der Waals surface area contributed by atoms with Gasteiger partial charge in [-0.15, -0.1) is 11.3 Å². The second kappa shape index (κ2) is 5.19. The molecule has 90 valence electrons. The molecule has 4 heteroatoms. The highest BCUT2D eigenvalue weighted by molar-refractivity contribution is 7.10. The maximum atomic E-state index is 13.6. The molecule has 1 unspecified atom stereocenters. The highest BCUT2D eigenvalue weighted by Gasteiger charge is 2.12. The molecule has 3 N–H and O–H groups in total. The fourth-order valence-electron chi connectivity index (χ4n) is 1.70. The maximum absolute atomic E-state index is 13.6. The predicted molar refractivity (Wildman–Crippen MR) is 71.8 cm³/mol. The number of rotatable bonds is 4. The van der Waals surface area contributed by atoms with Gasteiger partial charge in [-0.05, 0) is 36.1 Å². The molecule has 0 aliphatic heterocycles. The summed E-state index contributed by atoms with van der Waals surface area (Å²) >= 11 is 1.67. The zero-order valence-electron chi connectivity index (χ0n) is 9.61. The van der Waals surface area contributed by atoms with Crippen molar-refractivity contribution in [1.29, 1.82) is 0 Å². The summed E-state index contributed by atoms with van der Waals surface area (Å²) in [6, 6.07) is 8.93. The van der Waals surface area contributed by atoms with E-state index in [-0.39, 0.29) is 11.9 Å². The maximum Gasteiger partial charge on any atom is 0.148 e. The van der Waals surface area contributed by atoms with E-state index >= 15 is 0 Å². The molecule has 17 heavy (non-hydrogen) atoms. The molecule has 2 aromatic rings. The highest BCUT2D eigenvalue weighted by Crippen LogP contribution is 2.27. The molecule has 0 radical (unpaired) electrons. The van der Waals surface area contributed by atoms with E-state index in [1.165, 1.54) is 10.9 Å². The SMILES string of the molecule is CCC(Nc1ccc(N)cc1F)c1cccs1. The van der Waals surface area contributed by atoms with E-state index in [1.54, 1.807) is 23.5 Å². The van der Waals surface area contributed by atoms with E-state index in [2.05, 4.69) is 18.3 Å². The summed E-state index contributed by atoms with van der Waals surface area (Å²) in [6.07, 6.45) is 0.907. The minimum absolute atomic E-state index is 0.146. The number of hydrogen-bond donors (Lipinski definition) is 2. The summed E-state index contributed by atoms with van der Waals surface area (Å²) in [5.41, 5.74) is 6.46. The van der Waals surface area contributed by atoms with Crippen molar-refractivity contribution in [2.75, 3.05) is 11.1 Å². The summed E-state index contributed by atoms with van der Waals surface area (Å²) in [5.74, 6) is -0.306. The largest absolute Gasteiger partial charge is 0.399 e. The number of anilines is 2. The summed E-state index contributed by atoms with van der Waals surface area (Å²) in [4.78, 5) is 1.21. The fraction of sp³-hybridized carbons (Fsp3) is 0.231. The molecule has 0 aliphatic carbocycles. The highest BCUT2D eigenvalue weighted by atomic mass is 32.1. The van der Waals surface area contributed by atoms with Crippen LogP contribution in [0.1, 0.15) is 24.3 Å². The van der Waals surface area contributed by atoms with Crippen LogP contribution in [0.25, 0.3) is 0 Å². The lowest BCUT2D eigenvalue weighted by Gasteiger charge is -2.17. The first-order valence-corrected chi connectivity index (χ1v) is 6.43. The fourth-order valence-corrected chi connectivity index (χ4v) is 2.56. The van der Waals surface area contributed by atoms with Crippen LogP contribution in [0.2, 0.25) is 0 Å². The minimum atomic E-state index is -0.306. The smallest absolute Gasteiger partial charge is 0.148 e. The molecule has 1 aromatic carbocycles. The van der Waals surface area contributed by atoms with Crippen molar-refractivity contribution in [3.63, 3.8) is 0 Å². The third kappa shape index (κ3) is 2.77. The van der Waals surface area contributed by atoms with Crippen molar-refractivity contribution < 1.29 is 4.39 Å². The molecule has 0 amide bonds. The second-order valence-electron chi connectivity index (χ2n) is 3.86. The number of benzene rings is 1. The molecular weight excluding hydrogens is 235 g/mol. The lowest BCUT2D eigenvalue weighted by atomic mass is 10.1. The molecule has 2 nitrogen and oxygen atoms in total. The Morgan fingerprint density at radius 2 is 2.24 bits per heavy atom. The first-order valence-electron chi connectivity index (χ1n) is 5.55. The lowest BCUT2D eigenvalue weighted by Crippen LogP contribution is -2.09. The second-order valence-corrected chi connectivity index (χ2v) is 4.84. The number of nitrogens with one attached hydrogen (secondary N) is 1. The molecule has 0 saturated carbocycles. The van der Waals surface area contributed by atoms with Crippen LogP contribution < -0.4 is 11.1 Å². The monoisotopic (exact) mass is 250 g/mol. The zero-order valence-corrected chi connectivity index (χ0v) is 10.4. The van der Waals surface area contributed by atoms with Gasteiger partial charge in [-0.25, -0.2) is 4.39 Å². The van der Waals surface area contributed by atoms with Crippen molar-refractivity contribution in [2.24, 2.45) is 0 Å². The average molecular weight is 250 g/mol. The summed E-state index contributed by atoms with van der Waals surface area (Å²) in [7, 11) is 0. The molecule has 2 rings (SSSR count). The van der Waals surface area contributed by atoms with Crippen molar-refractivity contribution in [3.05, 3.63) is 46.4 Å². The number of thiophene rings is 1. The lowest BCUT2D eigenvalue weighted by molar-refractivity contribution is 0.625. The van der Waals surface area contributed by atoms with Gasteiger partial charge in [0.05, 0.1) is 11.7 Å². The van der Waals surface area contributed by atoms with E-state index in [0.29, 0.717) is 11.4 Å². The number of hydrogen-bond acceptors (Lipinski definition) is 3. The van der Waals surface area contributed by atoms with Gasteiger partial charge in [-0.2, -0.15) is 0 Å². The van der Waals surface area contributed by atoms with Gasteiger partial charge >= 0.3 is 0 Å². The van der Waals surface area contributed by atoms with Gasteiger partial charge in [0.2, 0.25) is 0 Å². The molecule has 0 spiro atoms. The summed E-state index contributed by atoms with van der Waals surface area (Å²) in [6.45, 7) is 2.08. The molecule has 0 bridgehead atoms. The normalized spacial score (nSPS) is 12.4. The van der Waals surface area contributed by atoms with Gasteiger partial charge < -0.3 is 11.1 Å². The van der Waals surface area contributed by atoms with Gasteiger partial charge in [0, 0.05) is 10.6 Å². The Labute approximate surface area is 104 Å². The van der Waals surface area contributed by atoms with Crippen LogP contribution >= 0.6 is 11.3 Å². The van der Waals surface area contributed by atoms with Gasteiger partial charge in [0.25, 0.3) is 0 Å². The molecule has 1 atom stereocenters. The zero-order chi connectivity index (χ0) is 12.3. The van der Waals surface area contributed by atoms with Crippen LogP contribution in [0.4, 0.5) is 15.8 Å². The van der Waals surface area contributed by atoms with Gasteiger partial charge in [0.1, 0.15) is 5.82 Å². The van der Waals surface area contributed by atoms with E-state index in [4.69, 9.17) is 5.73 Å². The minimum Gasteiger partial charge on any atom is -0.399 e. The van der Waals surface area contributed by atoms with Crippen molar-refractivity contribution >= 4 is 22.7 Å². The van der Waals surface area contributed by atoms with Crippen molar-refractivity contribution in [1.82, 2.24) is 0 Å². The van der Waals surface area contributed by atoms with Gasteiger partial charge in [-0.1, -0.05) is 13.0 Å². The molecule has 1 heterocycles. The molecule has 1 aromatic heterocycles. The number of nitrogens with two attached hydrogens (primary N) is 1. The van der Waals surface area contributed by atoms with E-state index in [0.717, 1.165) is 6.42 Å². The first-order chi connectivity index (χ1) is 8.20. The van der Waals surface area contributed by atoms with Crippen LogP contribution in [0.15, 0.2) is 35.7 Å². The van der Waals surface area contributed by atoms with Crippen LogP contribution in [-0.4, -0.2) is 0 Å². The standard InChI is InChI=1S/C13H15FN2S/c1-2-11(13-4-3-7-17-13)16-12-6-5-9(15)8-10(12)14/h3-8,11,16H,2,15H2,1H3. The molecule has 0 saturated heterocycles. The van der Waals surface area contributed by atoms with Crippen molar-refractivity contribution in [2.45, 2.75) is 19.4 Å². The third-order valence-electron chi connectivity index (χ3n) is 2.62. The van der Waals surface area contributed by atoms with Gasteiger partial charge in [0.15, 0.2) is 0 Å². The Morgan fingerprint density at radius 1 is 1.41 bits per heavy atom. The predicted octanol–water partition coefficient (Wildman–Crippen LogP) is 4.03. The molecular formula is C13H15FN2S. The Bertz CT molecular complexity index is 482. The number of halogens is 1. The topological polar surface area (TPSA) is 38.0 Å². The molecule has 0 fully saturated rings. The van der Waals surface area contributed by atoms with Crippen molar-refractivity contribution in [3.8, 4) is 0 Å². The quantitative estimate of drug-likeness (QED) is 0.804. The molecule has 0 aliphatic rings. The van der Waals surface area contributed by atoms with E-state index in [9.17, 15) is 4.39 Å². The van der Waals surface area contributed by atoms with E-state index in [1.807, 2.05) is 11.4 Å². The third-order valence-corrected chi connectivity index (χ3v) is 3.60. The summed E-state index contributed by atoms with van der Waals surface area (Å²) < 4.78 is 13.6. The Kier molecular flexibility index (Phi) is 3.64. The Balaban J connectivity index is 2.19. The van der Waals surface area contributed by atoms with Gasteiger partial charge in [-0.3, -0.25) is 0 Å². The summed E-state index contributed by atoms with van der Waals surface area (Å²) in [5, 5.41) is 5.23. The average Bonchev–Trinajstić information content (AvgIpc) is 2.81. The van der Waals surface area contributed by atoms with E-state index < -0.39 is 0 Å².